The summed E-state index contributed by atoms with van der Waals surface area (Å²) < 4.78 is 65.8. The normalized spacial score (nSPS) is 21.2. The lowest BCUT2D eigenvalue weighted by molar-refractivity contribution is -0.144. The molecule has 0 saturated heterocycles. The number of carbonyl (C=O) groups is 2. The maximum Gasteiger partial charge on any atom is 0.305 e. The van der Waals surface area contributed by atoms with Gasteiger partial charge in [0.2, 0.25) is 20.0 Å². The smallest absolute Gasteiger partial charge is 0.305 e. The Morgan fingerprint density at radius 3 is 1.23 bits per heavy atom. The molecule has 2 aliphatic heterocycles. The molecule has 10 nitrogen and oxygen atoms in total. The molecule has 0 bridgehead atoms. The van der Waals surface area contributed by atoms with E-state index in [9.17, 15) is 26.4 Å². The van der Waals surface area contributed by atoms with Gasteiger partial charge in [-0.3, -0.25) is 9.59 Å². The van der Waals surface area contributed by atoms with Crippen LogP contribution in [0.15, 0.2) is 24.3 Å². The summed E-state index contributed by atoms with van der Waals surface area (Å²) in [4.78, 5) is 24.3. The van der Waals surface area contributed by atoms with E-state index in [1.54, 1.807) is 0 Å². The van der Waals surface area contributed by atoms with Crippen molar-refractivity contribution < 1.29 is 35.9 Å². The molecule has 0 aliphatic carbocycles. The second-order valence-electron chi connectivity index (χ2n) is 14.4. The van der Waals surface area contributed by atoms with Crippen molar-refractivity contribution in [1.82, 2.24) is 8.61 Å². The van der Waals surface area contributed by atoms with Crippen LogP contribution in [0.4, 0.5) is 0 Å². The molecule has 0 aromatic heterocycles. The number of unbranched alkanes of at least 4 members (excludes halogenated alkanes) is 5. The Labute approximate surface area is 266 Å². The molecule has 0 fully saturated rings. The van der Waals surface area contributed by atoms with E-state index in [1.807, 2.05) is 79.7 Å². The van der Waals surface area contributed by atoms with Gasteiger partial charge in [-0.25, -0.2) is 16.8 Å². The average Bonchev–Trinajstić information content (AvgIpc) is 2.82. The third-order valence-electron chi connectivity index (χ3n) is 8.21. The monoisotopic (exact) mass is 660 g/mol. The Balaban J connectivity index is 1.56. The van der Waals surface area contributed by atoms with Crippen molar-refractivity contribution in [3.05, 3.63) is 24.3 Å². The molecule has 0 N–H and O–H groups in total. The Hall–Kier alpha value is -1.76. The highest BCUT2D eigenvalue weighted by Gasteiger charge is 2.47. The molecule has 12 heteroatoms. The van der Waals surface area contributed by atoms with Gasteiger partial charge in [0.25, 0.3) is 0 Å². The fourth-order valence-electron chi connectivity index (χ4n) is 6.70. The molecule has 2 rings (SSSR count). The van der Waals surface area contributed by atoms with Gasteiger partial charge in [-0.15, -0.1) is 0 Å². The van der Waals surface area contributed by atoms with E-state index in [-0.39, 0.29) is 37.6 Å². The SMILES string of the molecule is CC1(C)C=CCC(C)(C)N1S(=O)(=O)CCOC(=O)CCCCCCCCC(=O)OCCS(=O)(=O)N1C(C)(C)C=CCC1(C)C. The van der Waals surface area contributed by atoms with Crippen LogP contribution in [0.2, 0.25) is 0 Å². The Morgan fingerprint density at radius 1 is 0.591 bits per heavy atom. The molecule has 0 aromatic carbocycles. The standard InChI is InChI=1S/C32H56N2O8S2/c1-29(2)19-15-20-30(3,4)33(29)43(37,38)25-23-41-27(35)17-13-11-9-10-12-14-18-28(36)42-24-26-44(39,40)34-31(5,6)21-16-22-32(34,7)8/h15-16,19,21H,9-14,17-18,20,22-26H2,1-8H3. The van der Waals surface area contributed by atoms with Crippen LogP contribution in [0.5, 0.6) is 0 Å². The zero-order chi connectivity index (χ0) is 33.5. The van der Waals surface area contributed by atoms with Gasteiger partial charge in [0.15, 0.2) is 0 Å². The van der Waals surface area contributed by atoms with Crippen molar-refractivity contribution >= 4 is 32.0 Å². The van der Waals surface area contributed by atoms with Gasteiger partial charge in [-0.05, 0) is 81.1 Å². The van der Waals surface area contributed by atoms with E-state index in [2.05, 4.69) is 0 Å². The molecule has 0 radical (unpaired) electrons. The molecule has 254 valence electrons. The third kappa shape index (κ3) is 10.9. The van der Waals surface area contributed by atoms with Crippen LogP contribution in [0, 0.1) is 0 Å². The number of esters is 2. The summed E-state index contributed by atoms with van der Waals surface area (Å²) >= 11 is 0. The number of ether oxygens (including phenoxy) is 2. The Bertz CT molecular complexity index is 1170. The van der Waals surface area contributed by atoms with Crippen molar-refractivity contribution in [2.45, 2.75) is 142 Å². The Morgan fingerprint density at radius 2 is 0.909 bits per heavy atom. The van der Waals surface area contributed by atoms with E-state index in [1.165, 1.54) is 8.61 Å². The molecule has 0 unspecified atom stereocenters. The summed E-state index contributed by atoms with van der Waals surface area (Å²) in [6.45, 7) is 14.7. The Kier molecular flexibility index (Phi) is 13.3. The maximum absolute atomic E-state index is 13.1. The average molecular weight is 661 g/mol. The van der Waals surface area contributed by atoms with E-state index in [0.29, 0.717) is 25.7 Å². The fraction of sp³-hybridized carbons (Fsp3) is 0.812. The van der Waals surface area contributed by atoms with Crippen molar-refractivity contribution in [1.29, 1.82) is 0 Å². The minimum Gasteiger partial charge on any atom is -0.465 e. The highest BCUT2D eigenvalue weighted by Crippen LogP contribution is 2.37. The van der Waals surface area contributed by atoms with Crippen LogP contribution in [0.3, 0.4) is 0 Å². The number of hydrogen-bond acceptors (Lipinski definition) is 8. The number of nitrogens with zero attached hydrogens (tertiary/aromatic N) is 2. The van der Waals surface area contributed by atoms with Crippen LogP contribution in [0.25, 0.3) is 0 Å². The van der Waals surface area contributed by atoms with Crippen LogP contribution < -0.4 is 0 Å². The minimum absolute atomic E-state index is 0.166. The van der Waals surface area contributed by atoms with Crippen molar-refractivity contribution in [3.63, 3.8) is 0 Å². The zero-order valence-electron chi connectivity index (χ0n) is 28.2. The van der Waals surface area contributed by atoms with E-state index in [0.717, 1.165) is 25.7 Å². The highest BCUT2D eigenvalue weighted by atomic mass is 32.2. The van der Waals surface area contributed by atoms with E-state index >= 15 is 0 Å². The van der Waals surface area contributed by atoms with Crippen LogP contribution in [0.1, 0.15) is 120 Å². The maximum atomic E-state index is 13.1. The molecule has 0 amide bonds. The van der Waals surface area contributed by atoms with E-state index < -0.39 is 54.1 Å². The third-order valence-corrected chi connectivity index (χ3v) is 12.6. The molecule has 2 aliphatic rings. The number of hydrogen-bond donors (Lipinski definition) is 0. The number of rotatable bonds is 17. The van der Waals surface area contributed by atoms with Crippen molar-refractivity contribution in [3.8, 4) is 0 Å². The zero-order valence-corrected chi connectivity index (χ0v) is 29.8. The topological polar surface area (TPSA) is 127 Å². The van der Waals surface area contributed by atoms with Gasteiger partial charge in [0.05, 0.1) is 11.5 Å². The molecule has 0 saturated carbocycles. The van der Waals surface area contributed by atoms with Crippen molar-refractivity contribution in [2.24, 2.45) is 0 Å². The summed E-state index contributed by atoms with van der Waals surface area (Å²) in [7, 11) is -7.25. The second kappa shape index (κ2) is 15.2. The summed E-state index contributed by atoms with van der Waals surface area (Å²) in [5.74, 6) is -1.29. The summed E-state index contributed by atoms with van der Waals surface area (Å²) in [5.41, 5.74) is -2.39. The second-order valence-corrected chi connectivity index (χ2v) is 18.2. The molecule has 0 atom stereocenters. The first kappa shape index (κ1) is 38.4. The first-order chi connectivity index (χ1) is 20.1. The lowest BCUT2D eigenvalue weighted by Gasteiger charge is -2.48. The fourth-order valence-corrected chi connectivity index (χ4v) is 10.9. The van der Waals surface area contributed by atoms with E-state index in [4.69, 9.17) is 9.47 Å². The molecule has 44 heavy (non-hydrogen) atoms. The largest absolute Gasteiger partial charge is 0.465 e. The van der Waals surface area contributed by atoms with Gasteiger partial charge in [0.1, 0.15) is 13.2 Å². The molecule has 0 aromatic rings. The van der Waals surface area contributed by atoms with Crippen LogP contribution in [-0.4, -0.2) is 84.3 Å². The highest BCUT2D eigenvalue weighted by molar-refractivity contribution is 7.89. The predicted molar refractivity (Wildman–Crippen MR) is 174 cm³/mol. The lowest BCUT2D eigenvalue weighted by atomic mass is 9.88. The number of carbonyl (C=O) groups excluding carboxylic acids is 2. The van der Waals surface area contributed by atoms with Gasteiger partial charge >= 0.3 is 11.9 Å². The summed E-state index contributed by atoms with van der Waals surface area (Å²) in [6.07, 6.45) is 14.3. The minimum atomic E-state index is -3.62. The predicted octanol–water partition coefficient (Wildman–Crippen LogP) is 5.49. The van der Waals surface area contributed by atoms with Crippen LogP contribution in [-0.2, 0) is 39.1 Å². The lowest BCUT2D eigenvalue weighted by Crippen LogP contribution is -2.59. The number of sulfonamides is 2. The van der Waals surface area contributed by atoms with Gasteiger partial charge < -0.3 is 9.47 Å². The summed E-state index contributed by atoms with van der Waals surface area (Å²) in [6, 6.07) is 0. The van der Waals surface area contributed by atoms with Crippen molar-refractivity contribution in [2.75, 3.05) is 24.7 Å². The first-order valence-electron chi connectivity index (χ1n) is 15.9. The molecule has 2 heterocycles. The van der Waals surface area contributed by atoms with Gasteiger partial charge in [0, 0.05) is 35.0 Å². The molecular weight excluding hydrogens is 604 g/mol. The quantitative estimate of drug-likeness (QED) is 0.114. The molecule has 0 spiro atoms. The van der Waals surface area contributed by atoms with Gasteiger partial charge in [-0.2, -0.15) is 8.61 Å². The first-order valence-corrected chi connectivity index (χ1v) is 19.1. The molecular formula is C32H56N2O8S2. The van der Waals surface area contributed by atoms with Gasteiger partial charge in [-0.1, -0.05) is 50.0 Å². The summed E-state index contributed by atoms with van der Waals surface area (Å²) in [5, 5.41) is 0. The van der Waals surface area contributed by atoms with Crippen LogP contribution >= 0.6 is 0 Å².